The lowest BCUT2D eigenvalue weighted by Crippen LogP contribution is -2.40. The molecule has 0 saturated carbocycles. The molecule has 2 aromatic carbocycles. The van der Waals surface area contributed by atoms with E-state index in [0.717, 1.165) is 11.8 Å². The lowest BCUT2D eigenvalue weighted by atomic mass is 10.2. The van der Waals surface area contributed by atoms with Gasteiger partial charge in [-0.2, -0.15) is 0 Å². The summed E-state index contributed by atoms with van der Waals surface area (Å²) in [5.74, 6) is -0.337. The minimum Gasteiger partial charge on any atom is -0.411 e. The van der Waals surface area contributed by atoms with Crippen molar-refractivity contribution in [3.63, 3.8) is 0 Å². The van der Waals surface area contributed by atoms with E-state index in [1.807, 2.05) is 19.1 Å². The van der Waals surface area contributed by atoms with E-state index in [4.69, 9.17) is 4.42 Å². The highest BCUT2D eigenvalue weighted by molar-refractivity contribution is 7.99. The molecule has 7 nitrogen and oxygen atoms in total. The third-order valence-electron chi connectivity index (χ3n) is 4.44. The van der Waals surface area contributed by atoms with Gasteiger partial charge in [0.2, 0.25) is 17.7 Å². The fourth-order valence-corrected chi connectivity index (χ4v) is 3.76. The van der Waals surface area contributed by atoms with Crippen LogP contribution < -0.4 is 10.2 Å². The van der Waals surface area contributed by atoms with Gasteiger partial charge in [0.15, 0.2) is 0 Å². The Morgan fingerprint density at radius 1 is 1.24 bits per heavy atom. The number of carbonyl (C=O) groups excluding carboxylic acids is 2. The number of para-hydroxylation sites is 2. The smallest absolute Gasteiger partial charge is 0.277 e. The number of benzene rings is 2. The lowest BCUT2D eigenvalue weighted by molar-refractivity contribution is -0.117. The Balaban J connectivity index is 1.48. The summed E-state index contributed by atoms with van der Waals surface area (Å²) in [5.41, 5.74) is 1.86. The normalized spacial score (nSPS) is 16.1. The van der Waals surface area contributed by atoms with Gasteiger partial charge in [0.25, 0.3) is 5.22 Å². The monoisotopic (exact) mass is 412 g/mol. The van der Waals surface area contributed by atoms with Gasteiger partial charge in [-0.3, -0.25) is 9.59 Å². The number of amides is 2. The maximum Gasteiger partial charge on any atom is 0.277 e. The van der Waals surface area contributed by atoms with Crippen LogP contribution in [0.2, 0.25) is 0 Å². The van der Waals surface area contributed by atoms with Crippen molar-refractivity contribution in [2.45, 2.75) is 24.6 Å². The fraction of sp³-hybridized carbons (Fsp3) is 0.200. The molecule has 4 rings (SSSR count). The summed E-state index contributed by atoms with van der Waals surface area (Å²) in [6.45, 7) is 1.84. The van der Waals surface area contributed by atoms with Crippen LogP contribution in [0.3, 0.4) is 0 Å². The number of hydrogen-bond acceptors (Lipinski definition) is 6. The zero-order chi connectivity index (χ0) is 20.4. The minimum atomic E-state index is -0.353. The Bertz CT molecular complexity index is 1050. The van der Waals surface area contributed by atoms with Gasteiger partial charge < -0.3 is 14.6 Å². The summed E-state index contributed by atoms with van der Waals surface area (Å²) in [4.78, 5) is 26.6. The number of aromatic nitrogens is 2. The molecule has 1 aliphatic heterocycles. The van der Waals surface area contributed by atoms with Crippen molar-refractivity contribution in [2.75, 3.05) is 16.0 Å². The van der Waals surface area contributed by atoms with Crippen LogP contribution in [-0.2, 0) is 9.59 Å². The van der Waals surface area contributed by atoms with Crippen LogP contribution in [-0.4, -0.2) is 33.8 Å². The third-order valence-corrected chi connectivity index (χ3v) is 5.25. The predicted octanol–water partition coefficient (Wildman–Crippen LogP) is 3.73. The van der Waals surface area contributed by atoms with Crippen LogP contribution in [0.1, 0.15) is 13.3 Å². The average molecular weight is 412 g/mol. The molecular formula is C20H17FN4O3S. The van der Waals surface area contributed by atoms with E-state index in [1.54, 1.807) is 29.2 Å². The second-order valence-electron chi connectivity index (χ2n) is 6.55. The van der Waals surface area contributed by atoms with Gasteiger partial charge in [-0.25, -0.2) is 4.39 Å². The van der Waals surface area contributed by atoms with Gasteiger partial charge in [0.1, 0.15) is 5.82 Å². The highest BCUT2D eigenvalue weighted by atomic mass is 32.2. The number of rotatable bonds is 4. The molecule has 0 unspecified atom stereocenters. The maximum absolute atomic E-state index is 13.0. The molecular weight excluding hydrogens is 395 g/mol. The maximum atomic E-state index is 13.0. The highest BCUT2D eigenvalue weighted by Gasteiger charge is 2.29. The van der Waals surface area contributed by atoms with Gasteiger partial charge >= 0.3 is 0 Å². The van der Waals surface area contributed by atoms with E-state index >= 15 is 0 Å². The molecule has 0 aliphatic carbocycles. The van der Waals surface area contributed by atoms with Crippen molar-refractivity contribution in [1.29, 1.82) is 0 Å². The van der Waals surface area contributed by atoms with Gasteiger partial charge in [-0.05, 0) is 43.3 Å². The molecule has 3 aromatic rings. The van der Waals surface area contributed by atoms with Gasteiger partial charge in [0, 0.05) is 18.0 Å². The number of nitrogens with one attached hydrogen (secondary N) is 1. The fourth-order valence-electron chi connectivity index (χ4n) is 3.14. The van der Waals surface area contributed by atoms with Gasteiger partial charge in [-0.15, -0.1) is 10.2 Å². The van der Waals surface area contributed by atoms with Crippen molar-refractivity contribution in [3.05, 3.63) is 54.3 Å². The first kappa shape index (κ1) is 19.1. The summed E-state index contributed by atoms with van der Waals surface area (Å²) in [6, 6.07) is 12.6. The zero-order valence-corrected chi connectivity index (χ0v) is 16.3. The molecule has 1 aromatic heterocycles. The molecule has 2 heterocycles. The Labute approximate surface area is 170 Å². The number of halogens is 1. The van der Waals surface area contributed by atoms with E-state index in [9.17, 15) is 14.0 Å². The van der Waals surface area contributed by atoms with Gasteiger partial charge in [-0.1, -0.05) is 23.9 Å². The van der Waals surface area contributed by atoms with Crippen LogP contribution >= 0.6 is 11.8 Å². The molecule has 1 N–H and O–H groups in total. The molecule has 0 bridgehead atoms. The van der Waals surface area contributed by atoms with Gasteiger partial charge in [0.05, 0.1) is 17.1 Å². The van der Waals surface area contributed by atoms with E-state index in [2.05, 4.69) is 15.5 Å². The second kappa shape index (κ2) is 8.04. The Morgan fingerprint density at radius 3 is 2.79 bits per heavy atom. The first-order valence-electron chi connectivity index (χ1n) is 8.94. The highest BCUT2D eigenvalue weighted by Crippen LogP contribution is 2.32. The lowest BCUT2D eigenvalue weighted by Gasteiger charge is -2.27. The average Bonchev–Trinajstić information content (AvgIpc) is 3.12. The Morgan fingerprint density at radius 2 is 2.00 bits per heavy atom. The predicted molar refractivity (Wildman–Crippen MR) is 107 cm³/mol. The topological polar surface area (TPSA) is 88.3 Å². The first-order chi connectivity index (χ1) is 14.0. The van der Waals surface area contributed by atoms with Crippen LogP contribution in [0.4, 0.5) is 15.8 Å². The number of anilines is 2. The van der Waals surface area contributed by atoms with Crippen LogP contribution in [0.25, 0.3) is 11.5 Å². The molecule has 2 amide bonds. The van der Waals surface area contributed by atoms with E-state index < -0.39 is 0 Å². The standard InChI is InChI=1S/C20H17FN4O3S/c1-12-10-17(26)22-15-4-2-3-5-16(15)25(12)18(27)11-29-20-24-23-19(28-20)13-6-8-14(21)9-7-13/h2-9,12H,10-11H2,1H3,(H,22,26)/t12-/m1/s1. The Hall–Kier alpha value is -3.20. The second-order valence-corrected chi connectivity index (χ2v) is 7.48. The molecule has 29 heavy (non-hydrogen) atoms. The van der Waals surface area contributed by atoms with Crippen molar-refractivity contribution < 1.29 is 18.4 Å². The van der Waals surface area contributed by atoms with Crippen LogP contribution in [0, 0.1) is 5.82 Å². The number of hydrogen-bond donors (Lipinski definition) is 1. The molecule has 0 radical (unpaired) electrons. The minimum absolute atomic E-state index is 0.0674. The zero-order valence-electron chi connectivity index (χ0n) is 15.5. The summed E-state index contributed by atoms with van der Waals surface area (Å²) < 4.78 is 18.6. The molecule has 0 fully saturated rings. The van der Waals surface area contributed by atoms with Crippen molar-refractivity contribution >= 4 is 35.0 Å². The van der Waals surface area contributed by atoms with E-state index in [0.29, 0.717) is 16.9 Å². The van der Waals surface area contributed by atoms with Crippen molar-refractivity contribution in [1.82, 2.24) is 10.2 Å². The number of nitrogens with zero attached hydrogens (tertiary/aromatic N) is 3. The molecule has 1 aliphatic rings. The molecule has 0 spiro atoms. The van der Waals surface area contributed by atoms with Crippen molar-refractivity contribution in [3.8, 4) is 11.5 Å². The largest absolute Gasteiger partial charge is 0.411 e. The summed E-state index contributed by atoms with van der Waals surface area (Å²) >= 11 is 1.11. The Kier molecular flexibility index (Phi) is 5.30. The number of thioether (sulfide) groups is 1. The number of carbonyl (C=O) groups is 2. The first-order valence-corrected chi connectivity index (χ1v) is 9.93. The number of fused-ring (bicyclic) bond motifs is 1. The summed E-state index contributed by atoms with van der Waals surface area (Å²) in [6.07, 6.45) is 0.209. The molecule has 148 valence electrons. The summed E-state index contributed by atoms with van der Waals surface area (Å²) in [7, 11) is 0. The summed E-state index contributed by atoms with van der Waals surface area (Å²) in [5, 5.41) is 11.0. The molecule has 1 atom stereocenters. The van der Waals surface area contributed by atoms with Crippen LogP contribution in [0.15, 0.2) is 58.2 Å². The SMILES string of the molecule is C[C@@H]1CC(=O)Nc2ccccc2N1C(=O)CSc1nnc(-c2ccc(F)cc2)o1. The third kappa shape index (κ3) is 4.14. The molecule has 9 heteroatoms. The molecule has 0 saturated heterocycles. The van der Waals surface area contributed by atoms with Crippen LogP contribution in [0.5, 0.6) is 0 Å². The quantitative estimate of drug-likeness (QED) is 0.657. The van der Waals surface area contributed by atoms with E-state index in [-0.39, 0.29) is 47.0 Å². The van der Waals surface area contributed by atoms with Crippen molar-refractivity contribution in [2.24, 2.45) is 0 Å². The van der Waals surface area contributed by atoms with E-state index in [1.165, 1.54) is 12.1 Å².